The molecule has 10 heteroatoms. The number of halogens is 1. The summed E-state index contributed by atoms with van der Waals surface area (Å²) >= 11 is 1.21. The maximum atomic E-state index is 14.6. The average molecular weight is 614 g/mol. The summed E-state index contributed by atoms with van der Waals surface area (Å²) in [6, 6.07) is 22.0. The largest absolute Gasteiger partial charge is 0.378 e. The van der Waals surface area contributed by atoms with Crippen LogP contribution in [0.25, 0.3) is 0 Å². The summed E-state index contributed by atoms with van der Waals surface area (Å²) in [5, 5.41) is 3.46. The number of anilines is 2. The summed E-state index contributed by atoms with van der Waals surface area (Å²) in [4.78, 5) is 40.7. The number of nitrogens with zero attached hydrogens (tertiary/aromatic N) is 4. The van der Waals surface area contributed by atoms with Crippen molar-refractivity contribution in [1.29, 1.82) is 0 Å². The third-order valence-corrected chi connectivity index (χ3v) is 8.15. The van der Waals surface area contributed by atoms with Crippen LogP contribution in [-0.2, 0) is 20.9 Å². The average Bonchev–Trinajstić information content (AvgIpc) is 3.01. The number of aryl methyl sites for hydroxylation is 3. The number of benzene rings is 3. The molecule has 1 aromatic heterocycles. The molecule has 0 saturated carbocycles. The van der Waals surface area contributed by atoms with E-state index in [1.165, 1.54) is 28.8 Å². The Bertz CT molecular complexity index is 1570. The Morgan fingerprint density at radius 3 is 2.30 bits per heavy atom. The van der Waals surface area contributed by atoms with E-state index < -0.39 is 17.8 Å². The minimum Gasteiger partial charge on any atom is -0.378 e. The number of morpholine rings is 1. The first-order valence-electron chi connectivity index (χ1n) is 14.5. The summed E-state index contributed by atoms with van der Waals surface area (Å²) in [7, 11) is 0. The van der Waals surface area contributed by atoms with Crippen molar-refractivity contribution in [1.82, 2.24) is 14.9 Å². The number of carbonyl (C=O) groups excluding carboxylic acids is 2. The highest BCUT2D eigenvalue weighted by atomic mass is 32.2. The number of ether oxygens (including phenoxy) is 1. The molecule has 44 heavy (non-hydrogen) atoms. The van der Waals surface area contributed by atoms with Gasteiger partial charge < -0.3 is 19.9 Å². The molecule has 228 valence electrons. The quantitative estimate of drug-likeness (QED) is 0.177. The minimum absolute atomic E-state index is 0.00208. The Morgan fingerprint density at radius 1 is 0.955 bits per heavy atom. The molecular weight excluding hydrogens is 577 g/mol. The van der Waals surface area contributed by atoms with Crippen molar-refractivity contribution in [2.24, 2.45) is 0 Å². The molecule has 2 heterocycles. The smallest absolute Gasteiger partial charge is 0.251 e. The van der Waals surface area contributed by atoms with Crippen molar-refractivity contribution >= 4 is 35.0 Å². The molecule has 3 aromatic carbocycles. The Hall–Kier alpha value is -4.28. The first-order valence-corrected chi connectivity index (χ1v) is 15.5. The van der Waals surface area contributed by atoms with Gasteiger partial charge in [-0.3, -0.25) is 9.59 Å². The van der Waals surface area contributed by atoms with Gasteiger partial charge in [-0.25, -0.2) is 14.4 Å². The zero-order chi connectivity index (χ0) is 31.1. The van der Waals surface area contributed by atoms with Gasteiger partial charge in [0.05, 0.1) is 19.0 Å². The SMILES string of the molecule is Cc1ccc(CN(C(=O)CSc2nc(C)cc(C)n2)C(C(=O)Nc2ccc(N3CCOCC3)cc2)c2cccc(F)c2)cc1. The monoisotopic (exact) mass is 613 g/mol. The van der Waals surface area contributed by atoms with Gasteiger partial charge in [-0.2, -0.15) is 0 Å². The highest BCUT2D eigenvalue weighted by Crippen LogP contribution is 2.28. The number of carbonyl (C=O) groups is 2. The third kappa shape index (κ3) is 8.21. The first kappa shape index (κ1) is 31.2. The van der Waals surface area contributed by atoms with Gasteiger partial charge in [0.2, 0.25) is 5.91 Å². The Morgan fingerprint density at radius 2 is 1.64 bits per heavy atom. The third-order valence-electron chi connectivity index (χ3n) is 7.32. The normalized spacial score (nSPS) is 13.8. The molecule has 0 bridgehead atoms. The van der Waals surface area contributed by atoms with Crippen molar-refractivity contribution < 1.29 is 18.7 Å². The molecule has 1 aliphatic rings. The number of rotatable bonds is 10. The minimum atomic E-state index is -1.10. The summed E-state index contributed by atoms with van der Waals surface area (Å²) in [6.45, 7) is 8.84. The van der Waals surface area contributed by atoms with Crippen LogP contribution in [0.1, 0.15) is 34.1 Å². The summed E-state index contributed by atoms with van der Waals surface area (Å²) in [6.07, 6.45) is 0. The molecular formula is C34H36FN5O3S. The predicted molar refractivity (Wildman–Crippen MR) is 171 cm³/mol. The van der Waals surface area contributed by atoms with Gasteiger partial charge in [0.15, 0.2) is 5.16 Å². The predicted octanol–water partition coefficient (Wildman–Crippen LogP) is 5.88. The van der Waals surface area contributed by atoms with Crippen LogP contribution in [0.5, 0.6) is 0 Å². The molecule has 4 aromatic rings. The molecule has 0 spiro atoms. The number of hydrogen-bond acceptors (Lipinski definition) is 7. The van der Waals surface area contributed by atoms with E-state index in [9.17, 15) is 14.0 Å². The zero-order valence-electron chi connectivity index (χ0n) is 25.1. The van der Waals surface area contributed by atoms with Crippen LogP contribution >= 0.6 is 11.8 Å². The standard InChI is InChI=1S/C34H36FN5O3S/c1-23-7-9-26(10-8-23)21-40(31(41)22-44-34-36-24(2)19-25(3)37-34)32(27-5-4-6-28(35)20-27)33(42)38-29-11-13-30(14-12-29)39-15-17-43-18-16-39/h4-14,19-20,32H,15-18,21-22H2,1-3H3,(H,38,42). The lowest BCUT2D eigenvalue weighted by atomic mass is 10.0. The second-order valence-electron chi connectivity index (χ2n) is 10.8. The molecule has 1 unspecified atom stereocenters. The molecule has 8 nitrogen and oxygen atoms in total. The van der Waals surface area contributed by atoms with E-state index in [1.807, 2.05) is 75.4 Å². The van der Waals surface area contributed by atoms with Crippen LogP contribution in [0.15, 0.2) is 84.0 Å². The topological polar surface area (TPSA) is 87.7 Å². The molecule has 1 fully saturated rings. The molecule has 1 saturated heterocycles. The van der Waals surface area contributed by atoms with Gasteiger partial charge in [0.1, 0.15) is 11.9 Å². The van der Waals surface area contributed by atoms with Gasteiger partial charge >= 0.3 is 0 Å². The molecule has 1 N–H and O–H groups in total. The highest BCUT2D eigenvalue weighted by molar-refractivity contribution is 7.99. The summed E-state index contributed by atoms with van der Waals surface area (Å²) in [5.41, 5.74) is 5.53. The maximum absolute atomic E-state index is 14.6. The van der Waals surface area contributed by atoms with Gasteiger partial charge in [0.25, 0.3) is 5.91 Å². The van der Waals surface area contributed by atoms with E-state index in [1.54, 1.807) is 12.1 Å². The molecule has 2 amide bonds. The molecule has 0 aliphatic carbocycles. The fraction of sp³-hybridized carbons (Fsp3) is 0.294. The Balaban J connectivity index is 1.44. The van der Waals surface area contributed by atoms with E-state index >= 15 is 0 Å². The number of amides is 2. The number of aromatic nitrogens is 2. The van der Waals surface area contributed by atoms with Crippen molar-refractivity contribution in [2.75, 3.05) is 42.3 Å². The Kier molecular flexibility index (Phi) is 10.2. The van der Waals surface area contributed by atoms with Gasteiger partial charge in [-0.1, -0.05) is 53.7 Å². The lowest BCUT2D eigenvalue weighted by Gasteiger charge is -2.32. The second kappa shape index (κ2) is 14.5. The fourth-order valence-electron chi connectivity index (χ4n) is 5.12. The van der Waals surface area contributed by atoms with Crippen LogP contribution in [0.4, 0.5) is 15.8 Å². The van der Waals surface area contributed by atoms with Crippen LogP contribution in [0, 0.1) is 26.6 Å². The van der Waals surface area contributed by atoms with Crippen molar-refractivity contribution in [2.45, 2.75) is 38.5 Å². The fourth-order valence-corrected chi connectivity index (χ4v) is 5.95. The van der Waals surface area contributed by atoms with E-state index in [2.05, 4.69) is 20.2 Å². The van der Waals surface area contributed by atoms with Crippen LogP contribution in [-0.4, -0.2) is 58.7 Å². The highest BCUT2D eigenvalue weighted by Gasteiger charge is 2.32. The van der Waals surface area contributed by atoms with E-state index in [4.69, 9.17) is 4.74 Å². The Labute approximate surface area is 261 Å². The lowest BCUT2D eigenvalue weighted by Crippen LogP contribution is -2.42. The van der Waals surface area contributed by atoms with Gasteiger partial charge in [0, 0.05) is 42.4 Å². The van der Waals surface area contributed by atoms with Crippen LogP contribution in [0.3, 0.4) is 0 Å². The van der Waals surface area contributed by atoms with E-state index in [-0.39, 0.29) is 18.2 Å². The molecule has 1 aliphatic heterocycles. The van der Waals surface area contributed by atoms with Crippen molar-refractivity contribution in [3.63, 3.8) is 0 Å². The van der Waals surface area contributed by atoms with Gasteiger partial charge in [-0.15, -0.1) is 0 Å². The zero-order valence-corrected chi connectivity index (χ0v) is 25.9. The van der Waals surface area contributed by atoms with E-state index in [0.717, 1.165) is 41.3 Å². The van der Waals surface area contributed by atoms with E-state index in [0.29, 0.717) is 29.6 Å². The maximum Gasteiger partial charge on any atom is 0.251 e. The molecule has 5 rings (SSSR count). The van der Waals surface area contributed by atoms with Gasteiger partial charge in [-0.05, 0) is 74.4 Å². The summed E-state index contributed by atoms with van der Waals surface area (Å²) < 4.78 is 20.0. The lowest BCUT2D eigenvalue weighted by molar-refractivity contribution is -0.137. The van der Waals surface area contributed by atoms with Crippen LogP contribution in [0.2, 0.25) is 0 Å². The number of nitrogens with one attached hydrogen (secondary N) is 1. The molecule has 0 radical (unpaired) electrons. The van der Waals surface area contributed by atoms with Crippen LogP contribution < -0.4 is 10.2 Å². The molecule has 1 atom stereocenters. The van der Waals surface area contributed by atoms with Crippen molar-refractivity contribution in [3.8, 4) is 0 Å². The van der Waals surface area contributed by atoms with Crippen molar-refractivity contribution in [3.05, 3.63) is 113 Å². The summed E-state index contributed by atoms with van der Waals surface area (Å²) in [5.74, 6) is -1.23. The first-order chi connectivity index (χ1) is 21.2. The second-order valence-corrected chi connectivity index (χ2v) is 11.8. The number of thioether (sulfide) groups is 1. The number of hydrogen-bond donors (Lipinski definition) is 1.